The Morgan fingerprint density at radius 1 is 1.88 bits per heavy atom. The second-order valence-electron chi connectivity index (χ2n) is 1.65. The van der Waals surface area contributed by atoms with E-state index >= 15 is 0 Å². The van der Waals surface area contributed by atoms with Crippen molar-refractivity contribution in [2.45, 2.75) is 13.0 Å². The van der Waals surface area contributed by atoms with Crippen LogP contribution in [0, 0.1) is 0 Å². The van der Waals surface area contributed by atoms with Gasteiger partial charge in [0.1, 0.15) is 5.76 Å². The summed E-state index contributed by atoms with van der Waals surface area (Å²) in [5.41, 5.74) is 5.28. The van der Waals surface area contributed by atoms with Gasteiger partial charge in [-0.2, -0.15) is 0 Å². The minimum absolute atomic E-state index is 0.104. The molecule has 3 N–H and O–H groups in total. The fourth-order valence-corrected chi connectivity index (χ4v) is 0.337. The molecule has 0 heterocycles. The first-order valence-corrected chi connectivity index (χ1v) is 2.45. The van der Waals surface area contributed by atoms with Crippen LogP contribution in [-0.4, -0.2) is 11.1 Å². The Balaban J connectivity index is 3.74. The fourth-order valence-electron chi connectivity index (χ4n) is 0.337. The van der Waals surface area contributed by atoms with Gasteiger partial charge < -0.3 is 10.8 Å². The molecule has 0 saturated carbocycles. The van der Waals surface area contributed by atoms with E-state index in [1.165, 1.54) is 12.2 Å². The smallest absolute Gasteiger partial charge is 0.112 e. The number of hydrogen-bond donors (Lipinski definition) is 2. The average molecular weight is 113 g/mol. The molecule has 0 bridgehead atoms. The summed E-state index contributed by atoms with van der Waals surface area (Å²) in [4.78, 5) is 0. The van der Waals surface area contributed by atoms with Crippen molar-refractivity contribution >= 4 is 0 Å². The maximum absolute atomic E-state index is 8.69. The highest BCUT2D eigenvalue weighted by Crippen LogP contribution is 1.89. The molecule has 0 aliphatic carbocycles. The largest absolute Gasteiger partial charge is 0.508 e. The molecule has 0 aliphatic heterocycles. The van der Waals surface area contributed by atoms with Gasteiger partial charge in [0.2, 0.25) is 0 Å². The van der Waals surface area contributed by atoms with Crippen molar-refractivity contribution in [2.24, 2.45) is 5.73 Å². The highest BCUT2D eigenvalue weighted by atomic mass is 16.3. The van der Waals surface area contributed by atoms with Gasteiger partial charge >= 0.3 is 0 Å². The van der Waals surface area contributed by atoms with Crippen LogP contribution in [0.2, 0.25) is 0 Å². The number of hydrogen-bond acceptors (Lipinski definition) is 2. The molecule has 0 spiro atoms. The quantitative estimate of drug-likeness (QED) is 0.414. The predicted molar refractivity (Wildman–Crippen MR) is 34.6 cm³/mol. The molecular formula is C6H11NO. The molecule has 1 atom stereocenters. The van der Waals surface area contributed by atoms with Gasteiger partial charge in [0, 0.05) is 6.04 Å². The Morgan fingerprint density at radius 2 is 2.38 bits per heavy atom. The number of nitrogens with two attached hydrogens (primary N) is 1. The molecule has 2 nitrogen and oxygen atoms in total. The second-order valence-corrected chi connectivity index (χ2v) is 1.65. The minimum Gasteiger partial charge on any atom is -0.508 e. The van der Waals surface area contributed by atoms with Crippen molar-refractivity contribution in [1.82, 2.24) is 0 Å². The van der Waals surface area contributed by atoms with Crippen molar-refractivity contribution in [3.63, 3.8) is 0 Å². The number of aliphatic hydroxyl groups excluding tert-OH is 1. The van der Waals surface area contributed by atoms with E-state index in [9.17, 15) is 0 Å². The van der Waals surface area contributed by atoms with Crippen LogP contribution in [0.3, 0.4) is 0 Å². The summed E-state index contributed by atoms with van der Waals surface area (Å²) in [7, 11) is 0. The number of aliphatic hydroxyl groups is 1. The molecule has 0 aromatic rings. The standard InChI is InChI=1S/C6H11NO/c1-3-6(8)4-5(2)7/h3-5,8H,1,7H2,2H3/b6-4+. The predicted octanol–water partition coefficient (Wildman–Crippen LogP) is 0.962. The van der Waals surface area contributed by atoms with Gasteiger partial charge in [-0.1, -0.05) is 6.58 Å². The van der Waals surface area contributed by atoms with Crippen molar-refractivity contribution in [1.29, 1.82) is 0 Å². The fraction of sp³-hybridized carbons (Fsp3) is 0.333. The van der Waals surface area contributed by atoms with Gasteiger partial charge in [-0.3, -0.25) is 0 Å². The molecule has 0 aromatic heterocycles. The highest BCUT2D eigenvalue weighted by molar-refractivity contribution is 5.08. The van der Waals surface area contributed by atoms with Crippen LogP contribution in [0.25, 0.3) is 0 Å². The summed E-state index contributed by atoms with van der Waals surface area (Å²) in [6, 6.07) is -0.104. The lowest BCUT2D eigenvalue weighted by atomic mass is 10.3. The SMILES string of the molecule is C=C/C(O)=C\C(C)N. The van der Waals surface area contributed by atoms with E-state index in [0.29, 0.717) is 0 Å². The maximum atomic E-state index is 8.69. The minimum atomic E-state index is -0.104. The summed E-state index contributed by atoms with van der Waals surface area (Å²) in [6.45, 7) is 5.12. The average Bonchev–Trinajstić information content (AvgIpc) is 1.65. The van der Waals surface area contributed by atoms with Crippen LogP contribution < -0.4 is 5.73 Å². The third-order valence-electron chi connectivity index (χ3n) is 0.643. The molecule has 2 heteroatoms. The summed E-state index contributed by atoms with van der Waals surface area (Å²) < 4.78 is 0. The molecule has 0 radical (unpaired) electrons. The van der Waals surface area contributed by atoms with Gasteiger partial charge in [-0.15, -0.1) is 0 Å². The van der Waals surface area contributed by atoms with Crippen LogP contribution in [0.1, 0.15) is 6.92 Å². The number of rotatable bonds is 2. The van der Waals surface area contributed by atoms with E-state index in [1.807, 2.05) is 0 Å². The normalized spacial score (nSPS) is 15.5. The maximum Gasteiger partial charge on any atom is 0.112 e. The van der Waals surface area contributed by atoms with E-state index in [2.05, 4.69) is 6.58 Å². The van der Waals surface area contributed by atoms with Crippen molar-refractivity contribution in [2.75, 3.05) is 0 Å². The van der Waals surface area contributed by atoms with Crippen molar-refractivity contribution in [3.05, 3.63) is 24.5 Å². The van der Waals surface area contributed by atoms with Crippen LogP contribution in [0.5, 0.6) is 0 Å². The lowest BCUT2D eigenvalue weighted by molar-refractivity contribution is 0.428. The highest BCUT2D eigenvalue weighted by Gasteiger charge is 1.86. The van der Waals surface area contributed by atoms with E-state index in [1.54, 1.807) is 6.92 Å². The van der Waals surface area contributed by atoms with Crippen LogP contribution in [-0.2, 0) is 0 Å². The van der Waals surface area contributed by atoms with Gasteiger partial charge in [0.05, 0.1) is 0 Å². The Kier molecular flexibility index (Phi) is 2.96. The van der Waals surface area contributed by atoms with Gasteiger partial charge in [-0.05, 0) is 19.1 Å². The first-order valence-electron chi connectivity index (χ1n) is 2.45. The number of allylic oxidation sites excluding steroid dienone is 1. The Hall–Kier alpha value is -0.760. The Labute approximate surface area is 49.3 Å². The third kappa shape index (κ3) is 3.43. The lowest BCUT2D eigenvalue weighted by Gasteiger charge is -1.94. The van der Waals surface area contributed by atoms with Gasteiger partial charge in [-0.25, -0.2) is 0 Å². The molecule has 1 unspecified atom stereocenters. The first-order chi connectivity index (χ1) is 3.66. The molecule has 0 amide bonds. The summed E-state index contributed by atoms with van der Waals surface area (Å²) in [5.74, 6) is 0.139. The van der Waals surface area contributed by atoms with Crippen LogP contribution in [0.4, 0.5) is 0 Å². The van der Waals surface area contributed by atoms with E-state index in [4.69, 9.17) is 10.8 Å². The molecule has 0 aromatic carbocycles. The summed E-state index contributed by atoms with van der Waals surface area (Å²) in [6.07, 6.45) is 2.87. The molecule has 0 rings (SSSR count). The van der Waals surface area contributed by atoms with E-state index in [-0.39, 0.29) is 11.8 Å². The first kappa shape index (κ1) is 7.24. The zero-order valence-electron chi connectivity index (χ0n) is 4.96. The molecule has 46 valence electrons. The van der Waals surface area contributed by atoms with Gasteiger partial charge in [0.15, 0.2) is 0 Å². The summed E-state index contributed by atoms with van der Waals surface area (Å²) in [5, 5.41) is 8.69. The van der Waals surface area contributed by atoms with Gasteiger partial charge in [0.25, 0.3) is 0 Å². The molecule has 0 aliphatic rings. The van der Waals surface area contributed by atoms with Crippen molar-refractivity contribution < 1.29 is 5.11 Å². The van der Waals surface area contributed by atoms with E-state index < -0.39 is 0 Å². The monoisotopic (exact) mass is 113 g/mol. The second kappa shape index (κ2) is 3.27. The Bertz CT molecular complexity index is 105. The van der Waals surface area contributed by atoms with Crippen molar-refractivity contribution in [3.8, 4) is 0 Å². The molecule has 0 saturated heterocycles. The lowest BCUT2D eigenvalue weighted by Crippen LogP contribution is -2.11. The zero-order valence-corrected chi connectivity index (χ0v) is 4.96. The molecule has 8 heavy (non-hydrogen) atoms. The molecular weight excluding hydrogens is 102 g/mol. The molecule has 0 fully saturated rings. The zero-order chi connectivity index (χ0) is 6.57. The van der Waals surface area contributed by atoms with E-state index in [0.717, 1.165) is 0 Å². The Morgan fingerprint density at radius 3 is 2.50 bits per heavy atom. The van der Waals surface area contributed by atoms with Crippen LogP contribution in [0.15, 0.2) is 24.5 Å². The third-order valence-corrected chi connectivity index (χ3v) is 0.643. The topological polar surface area (TPSA) is 46.2 Å². The van der Waals surface area contributed by atoms with Crippen LogP contribution >= 0.6 is 0 Å². The summed E-state index contributed by atoms with van der Waals surface area (Å²) >= 11 is 0.